The highest BCUT2D eigenvalue weighted by molar-refractivity contribution is 6.35. The molecular weight excluding hydrogens is 124 g/mol. The summed E-state index contributed by atoms with van der Waals surface area (Å²) in [5.41, 5.74) is 0. The normalized spacial score (nSPS) is 31.0. The topological polar surface area (TPSA) is 0 Å². The summed E-state index contributed by atoms with van der Waals surface area (Å²) in [7, 11) is 0.441. The molecule has 0 N–H and O–H groups in total. The van der Waals surface area contributed by atoms with E-state index >= 15 is 0 Å². The smallest absolute Gasteiger partial charge is 0.0200 e. The molecule has 1 rings (SSSR count). The van der Waals surface area contributed by atoms with E-state index in [2.05, 4.69) is 6.92 Å². The van der Waals surface area contributed by atoms with Gasteiger partial charge in [0.2, 0.25) is 0 Å². The van der Waals surface area contributed by atoms with Crippen molar-refractivity contribution in [3.05, 3.63) is 0 Å². The van der Waals surface area contributed by atoms with E-state index in [1.165, 1.54) is 12.8 Å². The zero-order chi connectivity index (χ0) is 6.53. The lowest BCUT2D eigenvalue weighted by Crippen LogP contribution is -2.09. The van der Waals surface area contributed by atoms with Crippen LogP contribution in [0.3, 0.4) is 0 Å². The minimum absolute atomic E-state index is 0.441. The Morgan fingerprint density at radius 1 is 1.56 bits per heavy atom. The average molecular weight is 142 g/mol. The van der Waals surface area contributed by atoms with Crippen LogP contribution in [-0.4, -0.2) is 9.52 Å². The summed E-state index contributed by atoms with van der Waals surface area (Å²) in [6.07, 6.45) is 6.06. The van der Waals surface area contributed by atoms with Crippen molar-refractivity contribution in [2.75, 3.05) is 0 Å². The maximum atomic E-state index is 2.32. The highest BCUT2D eigenvalue weighted by Crippen LogP contribution is 2.23. The van der Waals surface area contributed by atoms with E-state index in [4.69, 9.17) is 0 Å². The van der Waals surface area contributed by atoms with Gasteiger partial charge in [0.1, 0.15) is 0 Å². The molecule has 0 radical (unpaired) electrons. The monoisotopic (exact) mass is 142 g/mol. The zero-order valence-electron chi connectivity index (χ0n) is 6.53. The third-order valence-corrected chi connectivity index (χ3v) is 4.65. The average Bonchev–Trinajstić information content (AvgIpc) is 1.91. The van der Waals surface area contributed by atoms with Crippen molar-refractivity contribution < 1.29 is 0 Å². The fourth-order valence-corrected chi connectivity index (χ4v) is 3.97. The van der Waals surface area contributed by atoms with E-state index in [1.807, 2.05) is 0 Å². The van der Waals surface area contributed by atoms with Gasteiger partial charge in [0.25, 0.3) is 0 Å². The van der Waals surface area contributed by atoms with Crippen molar-refractivity contribution in [3.8, 4) is 0 Å². The lowest BCUT2D eigenvalue weighted by atomic mass is 10.0. The van der Waals surface area contributed by atoms with E-state index in [9.17, 15) is 0 Å². The van der Waals surface area contributed by atoms with E-state index in [0.717, 1.165) is 5.92 Å². The van der Waals surface area contributed by atoms with Crippen LogP contribution in [0.2, 0.25) is 12.1 Å². The Labute approximate surface area is 60.9 Å². The first-order chi connectivity index (χ1) is 4.43. The maximum Gasteiger partial charge on any atom is 0.0200 e. The van der Waals surface area contributed by atoms with Crippen molar-refractivity contribution in [2.45, 2.75) is 44.7 Å². The first kappa shape index (κ1) is 7.33. The third kappa shape index (κ3) is 2.52. The standard InChI is InChI=1S/C8H18Si/c1-2-4-8-5-3-6-9-7-8/h8H,2-7,9H2,1H3. The van der Waals surface area contributed by atoms with Crippen molar-refractivity contribution in [1.29, 1.82) is 0 Å². The van der Waals surface area contributed by atoms with Gasteiger partial charge in [-0.05, 0) is 5.92 Å². The Hall–Kier alpha value is 0.217. The molecule has 1 saturated heterocycles. The molecule has 54 valence electrons. The molecule has 1 atom stereocenters. The molecule has 0 aromatic rings. The van der Waals surface area contributed by atoms with E-state index < -0.39 is 0 Å². The molecule has 0 aromatic heterocycles. The van der Waals surface area contributed by atoms with Gasteiger partial charge in [-0.15, -0.1) is 0 Å². The highest BCUT2D eigenvalue weighted by atomic mass is 28.2. The van der Waals surface area contributed by atoms with Crippen LogP contribution >= 0.6 is 0 Å². The number of rotatable bonds is 2. The molecular formula is C8H18Si. The summed E-state index contributed by atoms with van der Waals surface area (Å²) in [5.74, 6) is 1.16. The van der Waals surface area contributed by atoms with Crippen LogP contribution in [0.25, 0.3) is 0 Å². The van der Waals surface area contributed by atoms with Crippen molar-refractivity contribution in [2.24, 2.45) is 5.92 Å². The Bertz CT molecular complexity index is 62.2. The van der Waals surface area contributed by atoms with Gasteiger partial charge in [-0.2, -0.15) is 0 Å². The van der Waals surface area contributed by atoms with Crippen LogP contribution in [-0.2, 0) is 0 Å². The van der Waals surface area contributed by atoms with Crippen LogP contribution in [0, 0.1) is 5.92 Å². The Morgan fingerprint density at radius 2 is 2.44 bits per heavy atom. The van der Waals surface area contributed by atoms with Gasteiger partial charge in [-0.3, -0.25) is 0 Å². The molecule has 0 saturated carbocycles. The molecule has 1 fully saturated rings. The molecule has 1 heteroatoms. The molecule has 1 aliphatic rings. The number of hydrogen-bond donors (Lipinski definition) is 0. The van der Waals surface area contributed by atoms with Crippen molar-refractivity contribution in [3.63, 3.8) is 0 Å². The van der Waals surface area contributed by atoms with Crippen LogP contribution in [0.15, 0.2) is 0 Å². The number of hydrogen-bond acceptors (Lipinski definition) is 0. The van der Waals surface area contributed by atoms with Gasteiger partial charge in [-0.25, -0.2) is 0 Å². The largest absolute Gasteiger partial charge is 0.0654 e. The van der Waals surface area contributed by atoms with Crippen LogP contribution in [0.1, 0.15) is 32.6 Å². The quantitative estimate of drug-likeness (QED) is 0.519. The lowest BCUT2D eigenvalue weighted by molar-refractivity contribution is 0.463. The molecule has 0 nitrogen and oxygen atoms in total. The van der Waals surface area contributed by atoms with Crippen molar-refractivity contribution in [1.82, 2.24) is 0 Å². The van der Waals surface area contributed by atoms with E-state index in [1.54, 1.807) is 24.9 Å². The fraction of sp³-hybridized carbons (Fsp3) is 1.00. The molecule has 0 spiro atoms. The molecule has 0 bridgehead atoms. The van der Waals surface area contributed by atoms with E-state index in [0.29, 0.717) is 9.52 Å². The van der Waals surface area contributed by atoms with Gasteiger partial charge in [0.05, 0.1) is 0 Å². The minimum atomic E-state index is 0.441. The Kier molecular flexibility index (Phi) is 3.34. The second kappa shape index (κ2) is 4.10. The summed E-state index contributed by atoms with van der Waals surface area (Å²) < 4.78 is 0. The summed E-state index contributed by atoms with van der Waals surface area (Å²) in [6, 6.07) is 3.30. The first-order valence-corrected chi connectivity index (χ1v) is 6.43. The SMILES string of the molecule is CCCC1CCC[SiH2]C1. The molecule has 1 aliphatic heterocycles. The lowest BCUT2D eigenvalue weighted by Gasteiger charge is -2.19. The van der Waals surface area contributed by atoms with E-state index in [-0.39, 0.29) is 0 Å². The van der Waals surface area contributed by atoms with Crippen LogP contribution in [0.5, 0.6) is 0 Å². The second-order valence-corrected chi connectivity index (χ2v) is 5.28. The van der Waals surface area contributed by atoms with Gasteiger partial charge < -0.3 is 0 Å². The van der Waals surface area contributed by atoms with Gasteiger partial charge in [0.15, 0.2) is 0 Å². The summed E-state index contributed by atoms with van der Waals surface area (Å²) in [4.78, 5) is 0. The zero-order valence-corrected chi connectivity index (χ0v) is 7.94. The minimum Gasteiger partial charge on any atom is -0.0654 e. The molecule has 0 aliphatic carbocycles. The van der Waals surface area contributed by atoms with Gasteiger partial charge in [0, 0.05) is 9.52 Å². The Balaban J connectivity index is 2.08. The molecule has 0 amide bonds. The Morgan fingerprint density at radius 3 is 3.00 bits per heavy atom. The van der Waals surface area contributed by atoms with Crippen molar-refractivity contribution >= 4 is 9.52 Å². The van der Waals surface area contributed by atoms with Gasteiger partial charge >= 0.3 is 0 Å². The highest BCUT2D eigenvalue weighted by Gasteiger charge is 2.11. The summed E-state index contributed by atoms with van der Waals surface area (Å²) >= 11 is 0. The molecule has 0 aromatic carbocycles. The molecule has 9 heavy (non-hydrogen) atoms. The predicted molar refractivity (Wildman–Crippen MR) is 45.8 cm³/mol. The molecule has 1 unspecified atom stereocenters. The summed E-state index contributed by atoms with van der Waals surface area (Å²) in [5, 5.41) is 0. The first-order valence-electron chi connectivity index (χ1n) is 4.43. The predicted octanol–water partition coefficient (Wildman–Crippen LogP) is 2.20. The third-order valence-electron chi connectivity index (χ3n) is 2.42. The maximum absolute atomic E-state index is 2.32. The van der Waals surface area contributed by atoms with Gasteiger partial charge in [-0.1, -0.05) is 44.7 Å². The fourth-order valence-electron chi connectivity index (χ4n) is 1.88. The van der Waals surface area contributed by atoms with Crippen LogP contribution in [0.4, 0.5) is 0 Å². The van der Waals surface area contributed by atoms with Crippen LogP contribution < -0.4 is 0 Å². The second-order valence-electron chi connectivity index (χ2n) is 3.29. The summed E-state index contributed by atoms with van der Waals surface area (Å²) in [6.45, 7) is 2.32. The molecule has 1 heterocycles.